The number of ether oxygens (including phenoxy) is 3. The lowest BCUT2D eigenvalue weighted by atomic mass is 9.94. The topological polar surface area (TPSA) is 95.4 Å². The van der Waals surface area contributed by atoms with Gasteiger partial charge in [-0.1, -0.05) is 6.07 Å². The van der Waals surface area contributed by atoms with Crippen LogP contribution < -0.4 is 19.1 Å². The van der Waals surface area contributed by atoms with Crippen LogP contribution in [0.4, 0.5) is 10.3 Å². The summed E-state index contributed by atoms with van der Waals surface area (Å²) in [7, 11) is 3.00. The van der Waals surface area contributed by atoms with Crippen molar-refractivity contribution in [1.29, 1.82) is 0 Å². The van der Waals surface area contributed by atoms with Crippen LogP contribution in [0.5, 0.6) is 23.7 Å². The first-order valence-corrected chi connectivity index (χ1v) is 9.49. The minimum absolute atomic E-state index is 0.215. The molecule has 0 amide bonds. The Morgan fingerprint density at radius 1 is 0.967 bits per heavy atom. The summed E-state index contributed by atoms with van der Waals surface area (Å²) in [5.41, 5.74) is 0.842. The summed E-state index contributed by atoms with van der Waals surface area (Å²) in [6, 6.07) is 6.36. The summed E-state index contributed by atoms with van der Waals surface area (Å²) in [6.07, 6.45) is 4.95. The van der Waals surface area contributed by atoms with Crippen molar-refractivity contribution < 1.29 is 18.6 Å². The zero-order valence-electron chi connectivity index (χ0n) is 16.7. The van der Waals surface area contributed by atoms with Crippen LogP contribution in [0.2, 0.25) is 0 Å². The van der Waals surface area contributed by atoms with Crippen LogP contribution in [-0.2, 0) is 0 Å². The summed E-state index contributed by atoms with van der Waals surface area (Å²) in [5.74, 6) is 1.10. The molecule has 0 spiro atoms. The average Bonchev–Trinajstić information content (AvgIpc) is 2.79. The highest BCUT2D eigenvalue weighted by atomic mass is 19.1. The summed E-state index contributed by atoms with van der Waals surface area (Å²) < 4.78 is 29.3. The van der Waals surface area contributed by atoms with E-state index >= 15 is 0 Å². The van der Waals surface area contributed by atoms with E-state index < -0.39 is 0 Å². The van der Waals surface area contributed by atoms with E-state index in [0.29, 0.717) is 17.6 Å². The van der Waals surface area contributed by atoms with Gasteiger partial charge in [0.2, 0.25) is 11.8 Å². The summed E-state index contributed by atoms with van der Waals surface area (Å²) in [5, 5.41) is 0. The number of nitrogens with zero attached hydrogens (tertiary/aromatic N) is 6. The van der Waals surface area contributed by atoms with Crippen LogP contribution in [0, 0.1) is 5.82 Å². The number of piperidine rings is 1. The van der Waals surface area contributed by atoms with Crippen molar-refractivity contribution in [3.05, 3.63) is 48.2 Å². The van der Waals surface area contributed by atoms with Crippen LogP contribution in [-0.4, -0.2) is 52.2 Å². The van der Waals surface area contributed by atoms with Crippen LogP contribution in [0.1, 0.15) is 24.5 Å². The number of benzene rings is 1. The smallest absolute Gasteiger partial charge is 0.324 e. The second kappa shape index (κ2) is 8.85. The molecule has 4 rings (SSSR count). The Morgan fingerprint density at radius 3 is 2.37 bits per heavy atom. The first kappa shape index (κ1) is 19.7. The number of aromatic nitrogens is 5. The van der Waals surface area contributed by atoms with E-state index in [0.717, 1.165) is 31.6 Å². The maximum absolute atomic E-state index is 13.4. The van der Waals surface area contributed by atoms with Gasteiger partial charge >= 0.3 is 12.0 Å². The molecule has 9 nitrogen and oxygen atoms in total. The van der Waals surface area contributed by atoms with Gasteiger partial charge in [0.1, 0.15) is 11.6 Å². The third kappa shape index (κ3) is 4.53. The third-order valence-electron chi connectivity index (χ3n) is 4.79. The molecule has 0 bridgehead atoms. The van der Waals surface area contributed by atoms with E-state index in [9.17, 15) is 4.39 Å². The van der Waals surface area contributed by atoms with Gasteiger partial charge in [-0.2, -0.15) is 9.97 Å². The van der Waals surface area contributed by atoms with Crippen LogP contribution >= 0.6 is 0 Å². The fourth-order valence-electron chi connectivity index (χ4n) is 3.29. The molecule has 1 aromatic carbocycles. The minimum atomic E-state index is -0.365. The zero-order chi connectivity index (χ0) is 20.9. The molecule has 0 N–H and O–H groups in total. The summed E-state index contributed by atoms with van der Waals surface area (Å²) >= 11 is 0. The van der Waals surface area contributed by atoms with Gasteiger partial charge in [0.25, 0.3) is 0 Å². The van der Waals surface area contributed by atoms with Crippen molar-refractivity contribution in [2.45, 2.75) is 18.8 Å². The van der Waals surface area contributed by atoms with E-state index in [-0.39, 0.29) is 23.8 Å². The molecular formula is C20H21FN6O3. The predicted octanol–water partition coefficient (Wildman–Crippen LogP) is 2.99. The fourth-order valence-corrected chi connectivity index (χ4v) is 3.29. The summed E-state index contributed by atoms with van der Waals surface area (Å²) in [6.45, 7) is 1.47. The lowest BCUT2D eigenvalue weighted by Crippen LogP contribution is -2.34. The number of hydrogen-bond donors (Lipinski definition) is 0. The monoisotopic (exact) mass is 412 g/mol. The van der Waals surface area contributed by atoms with Crippen LogP contribution in [0.15, 0.2) is 36.7 Å². The molecule has 0 atom stereocenters. The normalized spacial score (nSPS) is 14.4. The van der Waals surface area contributed by atoms with E-state index in [2.05, 4.69) is 29.8 Å². The molecule has 156 valence electrons. The first-order valence-electron chi connectivity index (χ1n) is 9.49. The molecule has 0 unspecified atom stereocenters. The number of rotatable bonds is 6. The molecule has 0 radical (unpaired) electrons. The third-order valence-corrected chi connectivity index (χ3v) is 4.79. The molecule has 1 saturated heterocycles. The van der Waals surface area contributed by atoms with Gasteiger partial charge in [0.05, 0.1) is 26.1 Å². The van der Waals surface area contributed by atoms with Gasteiger partial charge in [0, 0.05) is 31.3 Å². The molecule has 1 fully saturated rings. The highest BCUT2D eigenvalue weighted by Gasteiger charge is 2.25. The molecule has 2 aromatic heterocycles. The van der Waals surface area contributed by atoms with Crippen LogP contribution in [0.25, 0.3) is 0 Å². The maximum Gasteiger partial charge on any atom is 0.324 e. The van der Waals surface area contributed by atoms with Crippen molar-refractivity contribution in [1.82, 2.24) is 24.9 Å². The molecule has 3 aromatic rings. The van der Waals surface area contributed by atoms with Gasteiger partial charge in [0.15, 0.2) is 0 Å². The molecule has 0 aliphatic carbocycles. The molecule has 1 aliphatic rings. The Morgan fingerprint density at radius 2 is 1.70 bits per heavy atom. The highest BCUT2D eigenvalue weighted by Crippen LogP contribution is 2.30. The van der Waals surface area contributed by atoms with E-state index in [1.54, 1.807) is 18.3 Å². The molecule has 0 saturated carbocycles. The number of anilines is 1. The van der Waals surface area contributed by atoms with Crippen molar-refractivity contribution in [2.24, 2.45) is 0 Å². The van der Waals surface area contributed by atoms with Gasteiger partial charge in [-0.05, 0) is 25.0 Å². The van der Waals surface area contributed by atoms with E-state index in [4.69, 9.17) is 14.2 Å². The Labute approximate surface area is 172 Å². The van der Waals surface area contributed by atoms with Crippen molar-refractivity contribution in [2.75, 3.05) is 32.2 Å². The predicted molar refractivity (Wildman–Crippen MR) is 106 cm³/mol. The average molecular weight is 412 g/mol. The van der Waals surface area contributed by atoms with E-state index in [1.165, 1.54) is 32.5 Å². The Bertz CT molecular complexity index is 991. The van der Waals surface area contributed by atoms with Gasteiger partial charge in [-0.3, -0.25) is 4.98 Å². The SMILES string of the molecule is COc1nc(OC)nc(N2CCC(c3cncc(Oc4cccc(F)c4)n3)CC2)n1. The second-order valence-electron chi connectivity index (χ2n) is 6.71. The first-order chi connectivity index (χ1) is 14.6. The number of hydrogen-bond acceptors (Lipinski definition) is 9. The Kier molecular flexibility index (Phi) is 5.82. The molecule has 30 heavy (non-hydrogen) atoms. The largest absolute Gasteiger partial charge is 0.467 e. The fraction of sp³-hybridized carbons (Fsp3) is 0.350. The molecular weight excluding hydrogens is 391 g/mol. The lowest BCUT2D eigenvalue weighted by molar-refractivity contribution is 0.338. The lowest BCUT2D eigenvalue weighted by Gasteiger charge is -2.31. The molecule has 3 heterocycles. The number of halogens is 1. The highest BCUT2D eigenvalue weighted by molar-refractivity contribution is 5.34. The maximum atomic E-state index is 13.4. The van der Waals surface area contributed by atoms with Crippen molar-refractivity contribution in [3.63, 3.8) is 0 Å². The minimum Gasteiger partial charge on any atom is -0.467 e. The Balaban J connectivity index is 1.43. The van der Waals surface area contributed by atoms with Crippen LogP contribution in [0.3, 0.4) is 0 Å². The van der Waals surface area contributed by atoms with Gasteiger partial charge < -0.3 is 19.1 Å². The van der Waals surface area contributed by atoms with Crippen molar-refractivity contribution >= 4 is 5.95 Å². The van der Waals surface area contributed by atoms with E-state index in [1.807, 2.05) is 0 Å². The molecule has 10 heteroatoms. The Hall–Kier alpha value is -3.56. The molecule has 1 aliphatic heterocycles. The van der Waals surface area contributed by atoms with Gasteiger partial charge in [-0.15, -0.1) is 4.98 Å². The van der Waals surface area contributed by atoms with Crippen molar-refractivity contribution in [3.8, 4) is 23.7 Å². The second-order valence-corrected chi connectivity index (χ2v) is 6.71. The quantitative estimate of drug-likeness (QED) is 0.605. The summed E-state index contributed by atoms with van der Waals surface area (Å²) in [4.78, 5) is 23.5. The number of methoxy groups -OCH3 is 2. The zero-order valence-corrected chi connectivity index (χ0v) is 16.7. The standard InChI is InChI=1S/C20H21FN6O3/c1-28-19-24-18(25-20(26-19)29-2)27-8-6-13(7-9-27)16-11-22-12-17(23-16)30-15-5-3-4-14(21)10-15/h3-5,10-13H,6-9H2,1-2H3. The van der Waals surface area contributed by atoms with Gasteiger partial charge in [-0.25, -0.2) is 9.37 Å².